The minimum atomic E-state index is -3.22. The monoisotopic (exact) mass is 387 g/mol. The summed E-state index contributed by atoms with van der Waals surface area (Å²) in [6.07, 6.45) is 5.79. The Kier molecular flexibility index (Phi) is 5.85. The van der Waals surface area contributed by atoms with E-state index in [1.54, 1.807) is 24.3 Å². The highest BCUT2D eigenvalue weighted by molar-refractivity contribution is 7.90. The van der Waals surface area contributed by atoms with Crippen molar-refractivity contribution in [2.75, 3.05) is 12.9 Å². The third kappa shape index (κ3) is 5.10. The maximum absolute atomic E-state index is 12.2. The van der Waals surface area contributed by atoms with Crippen molar-refractivity contribution >= 4 is 15.7 Å². The van der Waals surface area contributed by atoms with E-state index in [9.17, 15) is 13.2 Å². The fraction of sp³-hybridized carbons (Fsp3) is 0.381. The third-order valence-electron chi connectivity index (χ3n) is 4.88. The second-order valence-corrected chi connectivity index (χ2v) is 9.07. The Hall–Kier alpha value is -2.34. The largest absolute Gasteiger partial charge is 0.484 e. The predicted molar refractivity (Wildman–Crippen MR) is 105 cm³/mol. The number of rotatable bonds is 6. The summed E-state index contributed by atoms with van der Waals surface area (Å²) < 4.78 is 28.7. The summed E-state index contributed by atoms with van der Waals surface area (Å²) in [5.41, 5.74) is 3.53. The van der Waals surface area contributed by atoms with Crippen LogP contribution in [0.25, 0.3) is 0 Å². The summed E-state index contributed by atoms with van der Waals surface area (Å²) >= 11 is 0. The second kappa shape index (κ2) is 8.13. The summed E-state index contributed by atoms with van der Waals surface area (Å²) in [7, 11) is -3.22. The van der Waals surface area contributed by atoms with Gasteiger partial charge < -0.3 is 10.1 Å². The number of amides is 1. The zero-order valence-corrected chi connectivity index (χ0v) is 16.5. The van der Waals surface area contributed by atoms with Crippen LogP contribution in [-0.4, -0.2) is 27.2 Å². The second-order valence-electron chi connectivity index (χ2n) is 7.06. The number of fused-ring (bicyclic) bond motifs is 1. The van der Waals surface area contributed by atoms with Gasteiger partial charge in [0.05, 0.1) is 10.9 Å². The molecule has 0 bridgehead atoms. The number of hydrogen-bond donors (Lipinski definition) is 1. The van der Waals surface area contributed by atoms with Crippen molar-refractivity contribution in [3.63, 3.8) is 0 Å². The molecule has 0 unspecified atom stereocenters. The van der Waals surface area contributed by atoms with Gasteiger partial charge in [0.15, 0.2) is 16.4 Å². The van der Waals surface area contributed by atoms with Crippen LogP contribution in [0.4, 0.5) is 0 Å². The Morgan fingerprint density at radius 3 is 2.41 bits per heavy atom. The average molecular weight is 388 g/mol. The number of nitrogens with one attached hydrogen (secondary N) is 1. The molecular weight excluding hydrogens is 362 g/mol. The lowest BCUT2D eigenvalue weighted by atomic mass is 9.92. The molecule has 0 saturated heterocycles. The summed E-state index contributed by atoms with van der Waals surface area (Å²) in [5, 5.41) is 2.87. The van der Waals surface area contributed by atoms with Crippen molar-refractivity contribution in [2.24, 2.45) is 0 Å². The molecule has 1 aliphatic carbocycles. The fourth-order valence-corrected chi connectivity index (χ4v) is 3.95. The molecule has 0 spiro atoms. The van der Waals surface area contributed by atoms with Crippen molar-refractivity contribution in [3.05, 3.63) is 59.2 Å². The van der Waals surface area contributed by atoms with Gasteiger partial charge in [-0.1, -0.05) is 18.2 Å². The number of hydrogen-bond acceptors (Lipinski definition) is 4. The van der Waals surface area contributed by atoms with Crippen molar-refractivity contribution in [3.8, 4) is 5.75 Å². The van der Waals surface area contributed by atoms with E-state index in [-0.39, 0.29) is 23.5 Å². The van der Waals surface area contributed by atoms with E-state index < -0.39 is 9.84 Å². The van der Waals surface area contributed by atoms with Crippen molar-refractivity contribution < 1.29 is 17.9 Å². The molecule has 0 heterocycles. The lowest BCUT2D eigenvalue weighted by Crippen LogP contribution is -2.31. The molecular formula is C21H25NO4S. The zero-order chi connectivity index (χ0) is 19.4. The van der Waals surface area contributed by atoms with Gasteiger partial charge in [-0.05, 0) is 73.6 Å². The van der Waals surface area contributed by atoms with Gasteiger partial charge in [0.25, 0.3) is 5.91 Å². The maximum atomic E-state index is 12.2. The van der Waals surface area contributed by atoms with Crippen LogP contribution in [0.15, 0.2) is 47.4 Å². The number of carbonyl (C=O) groups is 1. The van der Waals surface area contributed by atoms with Crippen LogP contribution >= 0.6 is 0 Å². The van der Waals surface area contributed by atoms with Crippen LogP contribution in [0.3, 0.4) is 0 Å². The molecule has 0 saturated carbocycles. The van der Waals surface area contributed by atoms with E-state index in [2.05, 4.69) is 11.4 Å². The topological polar surface area (TPSA) is 72.5 Å². The SMILES string of the molecule is C[C@@H](NC(=O)COc1ccc2c(c1)CCCC2)c1ccc(S(C)(=O)=O)cc1. The van der Waals surface area contributed by atoms with Crippen molar-refractivity contribution in [1.29, 1.82) is 0 Å². The van der Waals surface area contributed by atoms with Gasteiger partial charge in [-0.25, -0.2) is 8.42 Å². The molecule has 0 aromatic heterocycles. The number of benzene rings is 2. The molecule has 1 N–H and O–H groups in total. The summed E-state index contributed by atoms with van der Waals surface area (Å²) in [5.74, 6) is 0.503. The third-order valence-corrected chi connectivity index (χ3v) is 6.00. The minimum absolute atomic E-state index is 0.0510. The fourth-order valence-electron chi connectivity index (χ4n) is 3.32. The van der Waals surface area contributed by atoms with E-state index in [1.807, 2.05) is 19.1 Å². The Labute approximate surface area is 160 Å². The molecule has 6 heteroatoms. The smallest absolute Gasteiger partial charge is 0.258 e. The van der Waals surface area contributed by atoms with E-state index in [1.165, 1.54) is 30.2 Å². The molecule has 27 heavy (non-hydrogen) atoms. The molecule has 0 aliphatic heterocycles. The van der Waals surface area contributed by atoms with Gasteiger partial charge in [0, 0.05) is 6.26 Å². The molecule has 144 valence electrons. The maximum Gasteiger partial charge on any atom is 0.258 e. The summed E-state index contributed by atoms with van der Waals surface area (Å²) in [6, 6.07) is 12.3. The molecule has 1 aliphatic rings. The highest BCUT2D eigenvalue weighted by atomic mass is 32.2. The zero-order valence-electron chi connectivity index (χ0n) is 15.7. The molecule has 2 aromatic rings. The molecule has 1 amide bonds. The van der Waals surface area contributed by atoms with Crippen LogP contribution in [0, 0.1) is 0 Å². The first-order chi connectivity index (χ1) is 12.8. The molecule has 3 rings (SSSR count). The molecule has 0 fully saturated rings. The first-order valence-corrected chi connectivity index (χ1v) is 11.1. The van der Waals surface area contributed by atoms with Gasteiger partial charge in [0.2, 0.25) is 0 Å². The normalized spacial score (nSPS) is 14.9. The van der Waals surface area contributed by atoms with Gasteiger partial charge >= 0.3 is 0 Å². The van der Waals surface area contributed by atoms with Gasteiger partial charge in [-0.2, -0.15) is 0 Å². The Morgan fingerprint density at radius 2 is 1.74 bits per heavy atom. The Morgan fingerprint density at radius 1 is 1.07 bits per heavy atom. The van der Waals surface area contributed by atoms with E-state index in [0.717, 1.165) is 24.2 Å². The van der Waals surface area contributed by atoms with Crippen LogP contribution in [-0.2, 0) is 27.5 Å². The number of aryl methyl sites for hydroxylation is 2. The molecule has 2 aromatic carbocycles. The van der Waals surface area contributed by atoms with Crippen molar-refractivity contribution in [1.82, 2.24) is 5.32 Å². The standard InChI is InChI=1S/C21H25NO4S/c1-15(16-8-11-20(12-9-16)27(2,24)25)22-21(23)14-26-19-10-7-17-5-3-4-6-18(17)13-19/h7-13,15H,3-6,14H2,1-2H3,(H,22,23)/t15-/m1/s1. The molecule has 5 nitrogen and oxygen atoms in total. The summed E-state index contributed by atoms with van der Waals surface area (Å²) in [4.78, 5) is 12.4. The number of sulfone groups is 1. The van der Waals surface area contributed by atoms with Crippen LogP contribution in [0.1, 0.15) is 42.5 Å². The van der Waals surface area contributed by atoms with Crippen LogP contribution in [0.5, 0.6) is 5.75 Å². The molecule has 1 atom stereocenters. The van der Waals surface area contributed by atoms with Gasteiger partial charge in [-0.3, -0.25) is 4.79 Å². The minimum Gasteiger partial charge on any atom is -0.484 e. The lowest BCUT2D eigenvalue weighted by molar-refractivity contribution is -0.123. The Balaban J connectivity index is 1.54. The lowest BCUT2D eigenvalue weighted by Gasteiger charge is -2.17. The Bertz CT molecular complexity index is 920. The summed E-state index contributed by atoms with van der Waals surface area (Å²) in [6.45, 7) is 1.80. The van der Waals surface area contributed by atoms with Crippen LogP contribution < -0.4 is 10.1 Å². The van der Waals surface area contributed by atoms with E-state index in [4.69, 9.17) is 4.74 Å². The first-order valence-electron chi connectivity index (χ1n) is 9.17. The first kappa shape index (κ1) is 19.4. The number of carbonyl (C=O) groups excluding carboxylic acids is 1. The average Bonchev–Trinajstić information content (AvgIpc) is 2.65. The number of ether oxygens (including phenoxy) is 1. The molecule has 0 radical (unpaired) electrons. The van der Waals surface area contributed by atoms with Crippen molar-refractivity contribution in [2.45, 2.75) is 43.5 Å². The van der Waals surface area contributed by atoms with E-state index in [0.29, 0.717) is 0 Å². The van der Waals surface area contributed by atoms with Gasteiger partial charge in [-0.15, -0.1) is 0 Å². The quantitative estimate of drug-likeness (QED) is 0.826. The van der Waals surface area contributed by atoms with Gasteiger partial charge in [0.1, 0.15) is 5.75 Å². The predicted octanol–water partition coefficient (Wildman–Crippen LogP) is 3.23. The highest BCUT2D eigenvalue weighted by Crippen LogP contribution is 2.25. The van der Waals surface area contributed by atoms with E-state index >= 15 is 0 Å². The van der Waals surface area contributed by atoms with Crippen LogP contribution in [0.2, 0.25) is 0 Å². The highest BCUT2D eigenvalue weighted by Gasteiger charge is 2.14.